The summed E-state index contributed by atoms with van der Waals surface area (Å²) in [5.41, 5.74) is 0. The van der Waals surface area contributed by atoms with E-state index in [1.165, 1.54) is 0 Å². The molecular weight excluding hydrogens is 743 g/mol. The van der Waals surface area contributed by atoms with Gasteiger partial charge in [0.2, 0.25) is 0 Å². The van der Waals surface area contributed by atoms with E-state index >= 15 is 0 Å². The van der Waals surface area contributed by atoms with Crippen LogP contribution in [-0.2, 0) is 0 Å². The summed E-state index contributed by atoms with van der Waals surface area (Å²) in [4.78, 5) is 0. The van der Waals surface area contributed by atoms with E-state index < -0.39 is 35.2 Å². The van der Waals surface area contributed by atoms with E-state index in [2.05, 4.69) is 249 Å². The van der Waals surface area contributed by atoms with Gasteiger partial charge >= 0.3 is 0 Å². The molecule has 0 spiro atoms. The molecule has 0 saturated heterocycles. The molecule has 0 aromatic rings. The number of hydrogen-bond donors (Lipinski definition) is 0. The van der Waals surface area contributed by atoms with Crippen LogP contribution in [0.1, 0.15) is 249 Å². The first-order valence-electron chi connectivity index (χ1n) is 21.0. The molecule has 0 fully saturated rings. The van der Waals surface area contributed by atoms with E-state index in [9.17, 15) is 0 Å². The highest BCUT2D eigenvalue weighted by Crippen LogP contribution is 2.56. The maximum absolute atomic E-state index is 2.40. The molecule has 0 unspecified atom stereocenters. The Balaban J connectivity index is -0.000000140. The van der Waals surface area contributed by atoms with Gasteiger partial charge in [-0.3, -0.25) is 0 Å². The molecule has 0 amide bonds. The largest absolute Gasteiger partial charge is 0.0652 e. The maximum Gasteiger partial charge on any atom is 0.0652 e. The van der Waals surface area contributed by atoms with Gasteiger partial charge in [-0.15, -0.1) is 0 Å². The van der Waals surface area contributed by atoms with Crippen molar-refractivity contribution in [3.8, 4) is 0 Å². The second-order valence-corrected chi connectivity index (χ2v) is 49.5. The molecule has 0 rings (SSSR count). The third-order valence-corrected chi connectivity index (χ3v) is 27.0. The predicted molar refractivity (Wildman–Crippen MR) is 271 cm³/mol. The van der Waals surface area contributed by atoms with Gasteiger partial charge in [-0.05, 0) is 60.5 Å². The van der Waals surface area contributed by atoms with Crippen LogP contribution in [0.2, 0.25) is 60.5 Å². The fourth-order valence-corrected chi connectivity index (χ4v) is 40.5. The molecule has 0 aliphatic carbocycles. The summed E-state index contributed by atoms with van der Waals surface area (Å²) in [6.07, 6.45) is 0. The van der Waals surface area contributed by atoms with Crippen LogP contribution in [0.4, 0.5) is 0 Å². The zero-order valence-electron chi connectivity index (χ0n) is 45.2. The molecule has 0 aliphatic heterocycles. The van der Waals surface area contributed by atoms with Crippen LogP contribution in [0, 0.1) is 0 Å². The molecule has 6 heteroatoms. The van der Waals surface area contributed by atoms with Crippen LogP contribution in [-0.4, -0.2) is 69.9 Å². The average Bonchev–Trinajstić information content (AvgIpc) is 2.51. The first kappa shape index (κ1) is 67.7. The fraction of sp³-hybridized carbons (Fsp3) is 1.00. The van der Waals surface area contributed by atoms with E-state index in [0.717, 1.165) is 0 Å². The Morgan fingerprint density at radius 2 is 0.167 bits per heavy atom. The Bertz CT molecular complexity index is 691. The summed E-state index contributed by atoms with van der Waals surface area (Å²) in [5.74, 6) is 0. The van der Waals surface area contributed by atoms with Gasteiger partial charge in [-0.2, -0.15) is 0 Å². The Kier molecular flexibility index (Phi) is 27.1. The van der Waals surface area contributed by atoms with Crippen molar-refractivity contribution in [2.24, 2.45) is 0 Å². The van der Waals surface area contributed by atoms with Crippen molar-refractivity contribution in [3.63, 3.8) is 0 Å². The van der Waals surface area contributed by atoms with Crippen molar-refractivity contribution < 1.29 is 0 Å². The molecule has 10 radical (unpaired) electrons. The molecule has 0 aromatic heterocycles. The molecule has 0 atom stereocenters. The zero-order valence-corrected chi connectivity index (χ0v) is 51.5. The number of hydrogen-bond acceptors (Lipinski definition) is 0. The van der Waals surface area contributed by atoms with Crippen LogP contribution >= 0.6 is 0 Å². The molecule has 322 valence electrons. The SMILES string of the molecule is CC(C)(C)[Si](C(C)(C)C)C(C)(C)C.CC(C)(C)[Si](C(C)(C)C)C(C)(C)C.CC(C)(C)[Si](C(C)(C)C)C(C)(C)C.CC(C)(C)[Si](C(C)(C)C)C(C)(C)C.[Al].[Al]. The molecule has 0 bridgehead atoms. The Morgan fingerprint density at radius 3 is 0.167 bits per heavy atom. The van der Waals surface area contributed by atoms with Crippen LogP contribution in [0.15, 0.2) is 0 Å². The monoisotopic (exact) mass is 851 g/mol. The third-order valence-electron chi connectivity index (χ3n) is 9.00. The second kappa shape index (κ2) is 21.6. The molecule has 0 N–H and O–H groups in total. The minimum Gasteiger partial charge on any atom is -0.0627 e. The molecule has 0 saturated carbocycles. The van der Waals surface area contributed by atoms with Gasteiger partial charge in [-0.1, -0.05) is 249 Å². The van der Waals surface area contributed by atoms with Gasteiger partial charge in [-0.25, -0.2) is 0 Å². The van der Waals surface area contributed by atoms with Crippen LogP contribution in [0.25, 0.3) is 0 Å². The Morgan fingerprint density at radius 1 is 0.130 bits per heavy atom. The molecule has 0 aromatic carbocycles. The van der Waals surface area contributed by atoms with Gasteiger partial charge in [0.25, 0.3) is 0 Å². The minimum atomic E-state index is -0.391. The van der Waals surface area contributed by atoms with E-state index in [4.69, 9.17) is 0 Å². The molecule has 0 nitrogen and oxygen atoms in total. The third kappa shape index (κ3) is 27.6. The van der Waals surface area contributed by atoms with Crippen LogP contribution < -0.4 is 0 Å². The van der Waals surface area contributed by atoms with Crippen LogP contribution in [0.3, 0.4) is 0 Å². The van der Waals surface area contributed by atoms with E-state index in [1.54, 1.807) is 0 Å². The summed E-state index contributed by atoms with van der Waals surface area (Å²) in [6, 6.07) is 0. The lowest BCUT2D eigenvalue weighted by atomic mass is 10.2. The smallest absolute Gasteiger partial charge is 0.0627 e. The van der Waals surface area contributed by atoms with Gasteiger partial charge in [0, 0.05) is 34.7 Å². The highest BCUT2D eigenvalue weighted by atomic mass is 28.3. The predicted octanol–water partition coefficient (Wildman–Crippen LogP) is 18.8. The van der Waals surface area contributed by atoms with Crippen molar-refractivity contribution in [1.82, 2.24) is 0 Å². The lowest BCUT2D eigenvalue weighted by molar-refractivity contribution is 0.567. The highest BCUT2D eigenvalue weighted by molar-refractivity contribution is 6.69. The summed E-state index contributed by atoms with van der Waals surface area (Å²) in [7, 11) is -1.56. The standard InChI is InChI=1S/4C12H27Si.2Al/c4*1-10(2,3)13(11(4,5)6)12(7,8)9;;/h4*1-9H3;;. The quantitative estimate of drug-likeness (QED) is 0.213. The summed E-state index contributed by atoms with van der Waals surface area (Å²) in [6.45, 7) is 86.4. The first-order chi connectivity index (χ1) is 21.5. The van der Waals surface area contributed by atoms with E-state index in [-0.39, 0.29) is 34.7 Å². The summed E-state index contributed by atoms with van der Waals surface area (Å²) in [5, 5.41) is 5.85. The van der Waals surface area contributed by atoms with Gasteiger partial charge < -0.3 is 0 Å². The second-order valence-electron chi connectivity index (χ2n) is 28.5. The van der Waals surface area contributed by atoms with Gasteiger partial charge in [0.1, 0.15) is 0 Å². The molecule has 54 heavy (non-hydrogen) atoms. The van der Waals surface area contributed by atoms with Crippen molar-refractivity contribution in [3.05, 3.63) is 0 Å². The summed E-state index contributed by atoms with van der Waals surface area (Å²) >= 11 is 0. The van der Waals surface area contributed by atoms with Gasteiger partial charge in [0.15, 0.2) is 0 Å². The number of rotatable bonds is 0. The molecular formula is C48H108Al2Si4. The Hall–Kier alpha value is 1.93. The van der Waals surface area contributed by atoms with Crippen LogP contribution in [0.5, 0.6) is 0 Å². The van der Waals surface area contributed by atoms with Crippen molar-refractivity contribution in [1.29, 1.82) is 0 Å². The van der Waals surface area contributed by atoms with Crippen molar-refractivity contribution in [2.75, 3.05) is 0 Å². The first-order valence-corrected chi connectivity index (χ1v) is 27.0. The summed E-state index contributed by atoms with van der Waals surface area (Å²) < 4.78 is 0. The normalized spacial score (nSPS) is 14.7. The van der Waals surface area contributed by atoms with Crippen molar-refractivity contribution in [2.45, 2.75) is 310 Å². The molecule has 0 heterocycles. The van der Waals surface area contributed by atoms with Gasteiger partial charge in [0.05, 0.1) is 35.2 Å². The minimum absolute atomic E-state index is 0. The zero-order chi connectivity index (χ0) is 44.3. The van der Waals surface area contributed by atoms with E-state index in [0.29, 0.717) is 60.5 Å². The Labute approximate surface area is 377 Å². The van der Waals surface area contributed by atoms with E-state index in [1.807, 2.05) is 0 Å². The molecule has 0 aliphatic rings. The lowest BCUT2D eigenvalue weighted by Gasteiger charge is -2.47. The maximum atomic E-state index is 2.40. The topological polar surface area (TPSA) is 0 Å². The lowest BCUT2D eigenvalue weighted by Crippen LogP contribution is -2.42. The van der Waals surface area contributed by atoms with Crippen molar-refractivity contribution >= 4 is 69.9 Å². The highest BCUT2D eigenvalue weighted by Gasteiger charge is 2.47. The fourth-order valence-electron chi connectivity index (χ4n) is 13.5. The average molecular weight is 852 g/mol.